The molecule has 1 spiro atoms. The van der Waals surface area contributed by atoms with Gasteiger partial charge in [0.2, 0.25) is 0 Å². The van der Waals surface area contributed by atoms with Crippen LogP contribution in [0.5, 0.6) is 0 Å². The van der Waals surface area contributed by atoms with Crippen molar-refractivity contribution in [3.05, 3.63) is 0 Å². The minimum absolute atomic E-state index is 0.773. The maximum atomic E-state index is 3.53. The van der Waals surface area contributed by atoms with E-state index in [0.29, 0.717) is 0 Å². The zero-order valence-electron chi connectivity index (χ0n) is 6.82. The first-order valence-corrected chi connectivity index (χ1v) is 4.61. The van der Waals surface area contributed by atoms with Gasteiger partial charge < -0.3 is 5.32 Å². The fourth-order valence-electron chi connectivity index (χ4n) is 2.72. The first kappa shape index (κ1) is 6.66. The fourth-order valence-corrected chi connectivity index (χ4v) is 2.72. The quantitative estimate of drug-likeness (QED) is 0.585. The molecule has 1 aliphatic heterocycles. The molecular formula is C9H17N. The Morgan fingerprint density at radius 2 is 2.10 bits per heavy atom. The molecule has 0 aromatic carbocycles. The van der Waals surface area contributed by atoms with Crippen LogP contribution in [0.25, 0.3) is 0 Å². The van der Waals surface area contributed by atoms with E-state index in [1.807, 2.05) is 0 Å². The predicted molar refractivity (Wildman–Crippen MR) is 43.0 cm³/mol. The van der Waals surface area contributed by atoms with Gasteiger partial charge in [0.15, 0.2) is 0 Å². The zero-order chi connectivity index (χ0) is 7.03. The van der Waals surface area contributed by atoms with Gasteiger partial charge in [-0.05, 0) is 24.7 Å². The molecule has 2 rings (SSSR count). The second kappa shape index (κ2) is 2.23. The minimum atomic E-state index is 0.773. The third kappa shape index (κ3) is 0.731. The highest BCUT2D eigenvalue weighted by molar-refractivity contribution is 5.03. The van der Waals surface area contributed by atoms with Crippen molar-refractivity contribution in [1.29, 1.82) is 0 Å². The molecule has 1 saturated carbocycles. The molecule has 58 valence electrons. The number of rotatable bonds is 1. The van der Waals surface area contributed by atoms with E-state index in [4.69, 9.17) is 0 Å². The summed E-state index contributed by atoms with van der Waals surface area (Å²) >= 11 is 0. The summed E-state index contributed by atoms with van der Waals surface area (Å²) in [5.74, 6) is 0. The van der Waals surface area contributed by atoms with E-state index in [9.17, 15) is 0 Å². The summed E-state index contributed by atoms with van der Waals surface area (Å²) in [6.45, 7) is 3.61. The first-order valence-electron chi connectivity index (χ1n) is 4.61. The highest BCUT2D eigenvalue weighted by atomic mass is 15.0. The highest BCUT2D eigenvalue weighted by Crippen LogP contribution is 2.46. The molecule has 0 aromatic rings. The molecule has 1 N–H and O–H groups in total. The Balaban J connectivity index is 2.01. The molecule has 10 heavy (non-hydrogen) atoms. The summed E-state index contributed by atoms with van der Waals surface area (Å²) < 4.78 is 0. The maximum Gasteiger partial charge on any atom is 0.0133 e. The predicted octanol–water partition coefficient (Wildman–Crippen LogP) is 1.93. The number of hydrogen-bond acceptors (Lipinski definition) is 1. The summed E-state index contributed by atoms with van der Waals surface area (Å²) in [7, 11) is 0. The van der Waals surface area contributed by atoms with Gasteiger partial charge in [0.25, 0.3) is 0 Å². The van der Waals surface area contributed by atoms with Crippen LogP contribution in [0.2, 0.25) is 0 Å². The lowest BCUT2D eigenvalue weighted by molar-refractivity contribution is 0.0865. The third-order valence-corrected chi connectivity index (χ3v) is 3.45. The third-order valence-electron chi connectivity index (χ3n) is 3.45. The Labute approximate surface area is 63.2 Å². The van der Waals surface area contributed by atoms with E-state index in [-0.39, 0.29) is 0 Å². The van der Waals surface area contributed by atoms with Crippen molar-refractivity contribution >= 4 is 0 Å². The second-order valence-corrected chi connectivity index (χ2v) is 3.91. The molecule has 1 nitrogen and oxygen atoms in total. The standard InChI is InChI=1S/C9H17N/c1-2-8-9(7-10-8)5-3-4-6-9/h8,10H,2-7H2,1H3. The van der Waals surface area contributed by atoms with Crippen LogP contribution >= 0.6 is 0 Å². The van der Waals surface area contributed by atoms with Gasteiger partial charge in [0.05, 0.1) is 0 Å². The van der Waals surface area contributed by atoms with Gasteiger partial charge >= 0.3 is 0 Å². The molecule has 1 heteroatoms. The molecule has 1 atom stereocenters. The smallest absolute Gasteiger partial charge is 0.0133 e. The van der Waals surface area contributed by atoms with E-state index >= 15 is 0 Å². The number of nitrogens with one attached hydrogen (secondary N) is 1. The Bertz CT molecular complexity index is 123. The summed E-state index contributed by atoms with van der Waals surface area (Å²) in [6, 6.07) is 0.870. The molecule has 0 bridgehead atoms. The molecule has 1 heterocycles. The van der Waals surface area contributed by atoms with Crippen molar-refractivity contribution in [3.63, 3.8) is 0 Å². The molecule has 0 amide bonds. The van der Waals surface area contributed by atoms with Crippen LogP contribution in [-0.4, -0.2) is 12.6 Å². The van der Waals surface area contributed by atoms with Crippen LogP contribution in [0.4, 0.5) is 0 Å². The molecule has 0 radical (unpaired) electrons. The van der Waals surface area contributed by atoms with Crippen molar-refractivity contribution in [2.75, 3.05) is 6.54 Å². The Morgan fingerprint density at radius 1 is 1.40 bits per heavy atom. The Kier molecular flexibility index (Phi) is 1.48. The lowest BCUT2D eigenvalue weighted by Gasteiger charge is -2.48. The van der Waals surface area contributed by atoms with E-state index in [1.165, 1.54) is 38.6 Å². The van der Waals surface area contributed by atoms with Crippen LogP contribution < -0.4 is 5.32 Å². The SMILES string of the molecule is CCC1NCC12CCCC2. The zero-order valence-corrected chi connectivity index (χ0v) is 6.82. The average molecular weight is 139 g/mol. The van der Waals surface area contributed by atoms with Crippen molar-refractivity contribution in [3.8, 4) is 0 Å². The molecule has 2 aliphatic rings. The van der Waals surface area contributed by atoms with E-state index in [2.05, 4.69) is 12.2 Å². The Hall–Kier alpha value is -0.0400. The minimum Gasteiger partial charge on any atom is -0.313 e. The van der Waals surface area contributed by atoms with Gasteiger partial charge in [-0.1, -0.05) is 19.8 Å². The van der Waals surface area contributed by atoms with Crippen molar-refractivity contribution in [2.45, 2.75) is 45.1 Å². The van der Waals surface area contributed by atoms with Crippen molar-refractivity contribution in [2.24, 2.45) is 5.41 Å². The van der Waals surface area contributed by atoms with Crippen LogP contribution in [0.1, 0.15) is 39.0 Å². The van der Waals surface area contributed by atoms with Crippen LogP contribution in [0.15, 0.2) is 0 Å². The van der Waals surface area contributed by atoms with Gasteiger partial charge in [0, 0.05) is 12.6 Å². The summed E-state index contributed by atoms with van der Waals surface area (Å²) in [4.78, 5) is 0. The van der Waals surface area contributed by atoms with Crippen LogP contribution in [-0.2, 0) is 0 Å². The van der Waals surface area contributed by atoms with Crippen LogP contribution in [0.3, 0.4) is 0 Å². The topological polar surface area (TPSA) is 12.0 Å². The average Bonchev–Trinajstić information content (AvgIpc) is 2.35. The second-order valence-electron chi connectivity index (χ2n) is 3.91. The largest absolute Gasteiger partial charge is 0.313 e. The van der Waals surface area contributed by atoms with E-state index in [1.54, 1.807) is 0 Å². The highest BCUT2D eigenvalue weighted by Gasteiger charge is 2.46. The summed E-state index contributed by atoms with van der Waals surface area (Å²) in [6.07, 6.45) is 7.30. The van der Waals surface area contributed by atoms with Crippen molar-refractivity contribution < 1.29 is 0 Å². The lowest BCUT2D eigenvalue weighted by Crippen LogP contribution is -2.60. The molecule has 2 fully saturated rings. The monoisotopic (exact) mass is 139 g/mol. The summed E-state index contributed by atoms with van der Waals surface area (Å²) in [5.41, 5.74) is 0.773. The summed E-state index contributed by atoms with van der Waals surface area (Å²) in [5, 5.41) is 3.53. The van der Waals surface area contributed by atoms with Crippen LogP contribution in [0, 0.1) is 5.41 Å². The fraction of sp³-hybridized carbons (Fsp3) is 1.00. The molecule has 0 aromatic heterocycles. The van der Waals surface area contributed by atoms with Gasteiger partial charge in [-0.25, -0.2) is 0 Å². The Morgan fingerprint density at radius 3 is 2.50 bits per heavy atom. The van der Waals surface area contributed by atoms with Gasteiger partial charge in [-0.2, -0.15) is 0 Å². The number of hydrogen-bond donors (Lipinski definition) is 1. The van der Waals surface area contributed by atoms with E-state index < -0.39 is 0 Å². The first-order chi connectivity index (χ1) is 4.87. The normalized spacial score (nSPS) is 36.3. The maximum absolute atomic E-state index is 3.53. The molecule has 1 saturated heterocycles. The van der Waals surface area contributed by atoms with Gasteiger partial charge in [-0.3, -0.25) is 0 Å². The van der Waals surface area contributed by atoms with Gasteiger partial charge in [0.1, 0.15) is 0 Å². The molecule has 1 unspecified atom stereocenters. The molecular weight excluding hydrogens is 122 g/mol. The van der Waals surface area contributed by atoms with Gasteiger partial charge in [-0.15, -0.1) is 0 Å². The lowest BCUT2D eigenvalue weighted by atomic mass is 9.71. The molecule has 1 aliphatic carbocycles. The van der Waals surface area contributed by atoms with E-state index in [0.717, 1.165) is 11.5 Å². The van der Waals surface area contributed by atoms with Crippen molar-refractivity contribution in [1.82, 2.24) is 5.32 Å².